The zero-order valence-corrected chi connectivity index (χ0v) is 20.6. The highest BCUT2D eigenvalue weighted by Crippen LogP contribution is 2.36. The number of hydrogen-bond donors (Lipinski definition) is 0. The normalized spacial score (nSPS) is 20.4. The van der Waals surface area contributed by atoms with E-state index in [1.807, 2.05) is 41.3 Å². The van der Waals surface area contributed by atoms with Crippen LogP contribution in [0.5, 0.6) is 5.75 Å². The van der Waals surface area contributed by atoms with Gasteiger partial charge in [0.25, 0.3) is 0 Å². The van der Waals surface area contributed by atoms with Gasteiger partial charge in [0, 0.05) is 25.6 Å². The summed E-state index contributed by atoms with van der Waals surface area (Å²) in [7, 11) is -1.89. The molecule has 2 saturated heterocycles. The van der Waals surface area contributed by atoms with Crippen molar-refractivity contribution in [1.29, 1.82) is 0 Å². The molecular weight excluding hydrogens is 436 g/mol. The predicted octanol–water partition coefficient (Wildman–Crippen LogP) is 4.58. The minimum atomic E-state index is -3.54. The Morgan fingerprint density at radius 1 is 0.939 bits per heavy atom. The van der Waals surface area contributed by atoms with E-state index in [0.717, 1.165) is 36.3 Å². The number of benzene rings is 2. The molecular formula is C26H34N2O4S. The average molecular weight is 471 g/mol. The number of sulfonamides is 1. The van der Waals surface area contributed by atoms with Gasteiger partial charge < -0.3 is 9.64 Å². The van der Waals surface area contributed by atoms with Crippen LogP contribution in [0.4, 0.5) is 0 Å². The molecule has 2 heterocycles. The standard InChI is InChI=1S/C26H34N2O4S/c1-19(2)20-8-12-24(13-9-20)33(30,31)27-17-14-22(15-18-27)26(29)28-16-4-5-25(28)21-6-10-23(32-3)11-7-21/h6-13,19,22,25H,4-5,14-18H2,1-3H3. The monoisotopic (exact) mass is 470 g/mol. The number of nitrogens with zero attached hydrogens (tertiary/aromatic N) is 2. The van der Waals surface area contributed by atoms with E-state index in [1.54, 1.807) is 19.2 Å². The maximum Gasteiger partial charge on any atom is 0.243 e. The summed E-state index contributed by atoms with van der Waals surface area (Å²) in [5, 5.41) is 0. The molecule has 2 aromatic rings. The molecule has 0 N–H and O–H groups in total. The third kappa shape index (κ3) is 4.94. The molecule has 1 atom stereocenters. The molecule has 2 fully saturated rings. The maximum atomic E-state index is 13.4. The molecule has 1 amide bonds. The van der Waals surface area contributed by atoms with E-state index in [1.165, 1.54) is 4.31 Å². The quantitative estimate of drug-likeness (QED) is 0.620. The molecule has 2 aliphatic heterocycles. The Bertz CT molecular complexity index is 1060. The average Bonchev–Trinajstić information content (AvgIpc) is 3.33. The van der Waals surface area contributed by atoms with Gasteiger partial charge >= 0.3 is 0 Å². The SMILES string of the molecule is COc1ccc(C2CCCN2C(=O)C2CCN(S(=O)(=O)c3ccc(C(C)C)cc3)CC2)cc1. The van der Waals surface area contributed by atoms with Crippen LogP contribution in [0.2, 0.25) is 0 Å². The fourth-order valence-electron chi connectivity index (χ4n) is 4.95. The fraction of sp³-hybridized carbons (Fsp3) is 0.500. The Morgan fingerprint density at radius 2 is 1.58 bits per heavy atom. The Balaban J connectivity index is 1.40. The summed E-state index contributed by atoms with van der Waals surface area (Å²) in [6, 6.07) is 15.2. The molecule has 178 valence electrons. The second-order valence-electron chi connectivity index (χ2n) is 9.36. The smallest absolute Gasteiger partial charge is 0.243 e. The van der Waals surface area contributed by atoms with Crippen LogP contribution in [0.15, 0.2) is 53.4 Å². The van der Waals surface area contributed by atoms with Gasteiger partial charge in [0.2, 0.25) is 15.9 Å². The molecule has 0 bridgehead atoms. The van der Waals surface area contributed by atoms with E-state index < -0.39 is 10.0 Å². The van der Waals surface area contributed by atoms with Gasteiger partial charge in [-0.05, 0) is 67.0 Å². The molecule has 0 radical (unpaired) electrons. The van der Waals surface area contributed by atoms with E-state index in [2.05, 4.69) is 13.8 Å². The molecule has 2 aliphatic rings. The van der Waals surface area contributed by atoms with Crippen LogP contribution in [-0.4, -0.2) is 50.3 Å². The largest absolute Gasteiger partial charge is 0.497 e. The van der Waals surface area contributed by atoms with Gasteiger partial charge in [0.1, 0.15) is 5.75 Å². The zero-order valence-electron chi connectivity index (χ0n) is 19.7. The van der Waals surface area contributed by atoms with Gasteiger partial charge in [-0.3, -0.25) is 4.79 Å². The first-order valence-corrected chi connectivity index (χ1v) is 13.3. The number of likely N-dealkylation sites (tertiary alicyclic amines) is 1. The van der Waals surface area contributed by atoms with Crippen LogP contribution in [0.3, 0.4) is 0 Å². The van der Waals surface area contributed by atoms with Crippen LogP contribution in [0.1, 0.15) is 62.6 Å². The molecule has 0 aromatic heterocycles. The Morgan fingerprint density at radius 3 is 2.15 bits per heavy atom. The first-order chi connectivity index (χ1) is 15.8. The fourth-order valence-corrected chi connectivity index (χ4v) is 6.42. The van der Waals surface area contributed by atoms with Gasteiger partial charge in [-0.1, -0.05) is 38.1 Å². The molecule has 6 nitrogen and oxygen atoms in total. The van der Waals surface area contributed by atoms with Crippen molar-refractivity contribution in [2.75, 3.05) is 26.7 Å². The first kappa shape index (κ1) is 23.8. The lowest BCUT2D eigenvalue weighted by Crippen LogP contribution is -2.44. The number of carbonyl (C=O) groups excluding carboxylic acids is 1. The number of piperidine rings is 1. The molecule has 2 aromatic carbocycles. The molecule has 0 saturated carbocycles. The summed E-state index contributed by atoms with van der Waals surface area (Å²) >= 11 is 0. The highest BCUT2D eigenvalue weighted by molar-refractivity contribution is 7.89. The minimum absolute atomic E-state index is 0.0876. The first-order valence-electron chi connectivity index (χ1n) is 11.9. The summed E-state index contributed by atoms with van der Waals surface area (Å²) in [5.74, 6) is 1.20. The van der Waals surface area contributed by atoms with Crippen molar-refractivity contribution < 1.29 is 17.9 Å². The Hall–Kier alpha value is -2.38. The lowest BCUT2D eigenvalue weighted by molar-refractivity contribution is -0.137. The van der Waals surface area contributed by atoms with Crippen molar-refractivity contribution >= 4 is 15.9 Å². The maximum absolute atomic E-state index is 13.4. The molecule has 0 aliphatic carbocycles. The minimum Gasteiger partial charge on any atom is -0.497 e. The zero-order chi connectivity index (χ0) is 23.6. The van der Waals surface area contributed by atoms with Gasteiger partial charge in [-0.25, -0.2) is 8.42 Å². The lowest BCUT2D eigenvalue weighted by atomic mass is 9.95. The van der Waals surface area contributed by atoms with Crippen LogP contribution in [-0.2, 0) is 14.8 Å². The van der Waals surface area contributed by atoms with Crippen molar-refractivity contribution in [3.05, 3.63) is 59.7 Å². The number of amides is 1. The summed E-state index contributed by atoms with van der Waals surface area (Å²) in [6.45, 7) is 5.70. The number of rotatable bonds is 6. The summed E-state index contributed by atoms with van der Waals surface area (Å²) < 4.78 is 33.0. The molecule has 33 heavy (non-hydrogen) atoms. The van der Waals surface area contributed by atoms with E-state index in [0.29, 0.717) is 36.7 Å². The highest BCUT2D eigenvalue weighted by Gasteiger charge is 2.37. The van der Waals surface area contributed by atoms with E-state index >= 15 is 0 Å². The highest BCUT2D eigenvalue weighted by atomic mass is 32.2. The molecule has 1 unspecified atom stereocenters. The number of hydrogen-bond acceptors (Lipinski definition) is 4. The third-order valence-electron chi connectivity index (χ3n) is 7.02. The lowest BCUT2D eigenvalue weighted by Gasteiger charge is -2.34. The van der Waals surface area contributed by atoms with Gasteiger partial charge in [0.05, 0.1) is 18.0 Å². The Labute approximate surface area is 197 Å². The Kier molecular flexibility index (Phi) is 7.10. The van der Waals surface area contributed by atoms with Crippen LogP contribution in [0, 0.1) is 5.92 Å². The van der Waals surface area contributed by atoms with Crippen LogP contribution in [0.25, 0.3) is 0 Å². The van der Waals surface area contributed by atoms with Crippen molar-refractivity contribution in [2.24, 2.45) is 5.92 Å². The van der Waals surface area contributed by atoms with Gasteiger partial charge in [0.15, 0.2) is 0 Å². The van der Waals surface area contributed by atoms with Gasteiger partial charge in [-0.15, -0.1) is 0 Å². The molecule has 4 rings (SSSR count). The van der Waals surface area contributed by atoms with Crippen molar-refractivity contribution in [3.63, 3.8) is 0 Å². The van der Waals surface area contributed by atoms with Crippen molar-refractivity contribution in [2.45, 2.75) is 56.4 Å². The van der Waals surface area contributed by atoms with Crippen LogP contribution >= 0.6 is 0 Å². The van der Waals surface area contributed by atoms with E-state index in [9.17, 15) is 13.2 Å². The third-order valence-corrected chi connectivity index (χ3v) is 8.94. The summed E-state index contributed by atoms with van der Waals surface area (Å²) in [4.78, 5) is 15.7. The van der Waals surface area contributed by atoms with E-state index in [4.69, 9.17) is 4.74 Å². The second-order valence-corrected chi connectivity index (χ2v) is 11.3. The van der Waals surface area contributed by atoms with Gasteiger partial charge in [-0.2, -0.15) is 4.31 Å². The van der Waals surface area contributed by atoms with Crippen molar-refractivity contribution in [1.82, 2.24) is 9.21 Å². The summed E-state index contributed by atoms with van der Waals surface area (Å²) in [5.41, 5.74) is 2.25. The van der Waals surface area contributed by atoms with E-state index in [-0.39, 0.29) is 17.9 Å². The number of carbonyl (C=O) groups is 1. The van der Waals surface area contributed by atoms with Crippen molar-refractivity contribution in [3.8, 4) is 5.75 Å². The number of ether oxygens (including phenoxy) is 1. The molecule has 0 spiro atoms. The number of methoxy groups -OCH3 is 1. The molecule has 7 heteroatoms. The second kappa shape index (κ2) is 9.85. The van der Waals surface area contributed by atoms with Crippen LogP contribution < -0.4 is 4.74 Å². The predicted molar refractivity (Wildman–Crippen MR) is 129 cm³/mol. The topological polar surface area (TPSA) is 66.9 Å². The summed E-state index contributed by atoms with van der Waals surface area (Å²) in [6.07, 6.45) is 3.07.